The molecule has 1 aromatic rings. The Kier molecular flexibility index (Phi) is 6.91. The highest BCUT2D eigenvalue weighted by molar-refractivity contribution is 7.11. The number of carbonyl (C=O) groups is 2. The minimum absolute atomic E-state index is 0.0239. The van der Waals surface area contributed by atoms with Crippen LogP contribution in [0.25, 0.3) is 0 Å². The van der Waals surface area contributed by atoms with E-state index in [0.717, 1.165) is 4.88 Å². The molecule has 106 valence electrons. The van der Waals surface area contributed by atoms with Gasteiger partial charge in [0.15, 0.2) is 0 Å². The molecule has 19 heavy (non-hydrogen) atoms. The number of carboxylic acid groups (broad SMARTS) is 1. The van der Waals surface area contributed by atoms with Crippen LogP contribution in [0.15, 0.2) is 12.1 Å². The molecule has 0 aliphatic carbocycles. The van der Waals surface area contributed by atoms with Gasteiger partial charge in [-0.15, -0.1) is 11.3 Å². The topological polar surface area (TPSA) is 87.7 Å². The fourth-order valence-corrected chi connectivity index (χ4v) is 2.14. The molecule has 6 nitrogen and oxygen atoms in total. The number of urea groups is 1. The number of amides is 2. The number of thiophene rings is 1. The molecule has 0 spiro atoms. The van der Waals surface area contributed by atoms with Gasteiger partial charge in [-0.2, -0.15) is 0 Å². The van der Waals surface area contributed by atoms with E-state index in [0.29, 0.717) is 19.7 Å². The number of ether oxygens (including phenoxy) is 1. The van der Waals surface area contributed by atoms with E-state index >= 15 is 0 Å². The van der Waals surface area contributed by atoms with E-state index in [-0.39, 0.29) is 19.1 Å². The van der Waals surface area contributed by atoms with Crippen molar-refractivity contribution >= 4 is 23.3 Å². The van der Waals surface area contributed by atoms with Gasteiger partial charge >= 0.3 is 12.0 Å². The summed E-state index contributed by atoms with van der Waals surface area (Å²) in [7, 11) is 0. The minimum atomic E-state index is -0.892. The van der Waals surface area contributed by atoms with Gasteiger partial charge < -0.3 is 20.5 Å². The standard InChI is InChI=1S/C12H18N2O4S/c1-9-2-3-10(19-9)8-14-12(17)13-5-7-18-6-4-11(15)16/h2-3H,4-8H2,1H3,(H,15,16)(H2,13,14,17). The van der Waals surface area contributed by atoms with Crippen LogP contribution in [0, 0.1) is 6.92 Å². The second-order valence-corrected chi connectivity index (χ2v) is 5.25. The second kappa shape index (κ2) is 8.49. The summed E-state index contributed by atoms with van der Waals surface area (Å²) >= 11 is 1.64. The van der Waals surface area contributed by atoms with E-state index in [4.69, 9.17) is 9.84 Å². The number of carbonyl (C=O) groups excluding carboxylic acids is 1. The lowest BCUT2D eigenvalue weighted by Gasteiger charge is -2.07. The molecule has 0 saturated carbocycles. The Bertz CT molecular complexity index is 420. The van der Waals surface area contributed by atoms with E-state index in [1.807, 2.05) is 19.1 Å². The zero-order chi connectivity index (χ0) is 14.1. The fraction of sp³-hybridized carbons (Fsp3) is 0.500. The van der Waals surface area contributed by atoms with Crippen LogP contribution < -0.4 is 10.6 Å². The summed E-state index contributed by atoms with van der Waals surface area (Å²) in [5, 5.41) is 13.7. The first-order chi connectivity index (χ1) is 9.08. The third kappa shape index (κ3) is 7.43. The Hall–Kier alpha value is -1.60. The van der Waals surface area contributed by atoms with Crippen molar-refractivity contribution in [3.8, 4) is 0 Å². The SMILES string of the molecule is Cc1ccc(CNC(=O)NCCOCCC(=O)O)s1. The maximum absolute atomic E-state index is 11.4. The summed E-state index contributed by atoms with van der Waals surface area (Å²) in [6, 6.07) is 3.73. The molecule has 0 aliphatic rings. The average Bonchev–Trinajstić information content (AvgIpc) is 2.76. The summed E-state index contributed by atoms with van der Waals surface area (Å²) in [5.41, 5.74) is 0. The maximum atomic E-state index is 11.4. The van der Waals surface area contributed by atoms with Crippen LogP contribution in [-0.2, 0) is 16.1 Å². The second-order valence-electron chi connectivity index (χ2n) is 3.88. The molecule has 0 aromatic carbocycles. The molecule has 0 fully saturated rings. The number of hydrogen-bond donors (Lipinski definition) is 3. The van der Waals surface area contributed by atoms with Gasteiger partial charge in [0, 0.05) is 16.3 Å². The Morgan fingerprint density at radius 2 is 2.11 bits per heavy atom. The van der Waals surface area contributed by atoms with Gasteiger partial charge in [-0.1, -0.05) is 0 Å². The zero-order valence-electron chi connectivity index (χ0n) is 10.8. The first-order valence-electron chi connectivity index (χ1n) is 5.94. The average molecular weight is 286 g/mol. The van der Waals surface area contributed by atoms with Crippen LogP contribution in [0.5, 0.6) is 0 Å². The largest absolute Gasteiger partial charge is 0.481 e. The Labute approximate surface area is 115 Å². The molecule has 0 radical (unpaired) electrons. The van der Waals surface area contributed by atoms with E-state index in [2.05, 4.69) is 10.6 Å². The lowest BCUT2D eigenvalue weighted by molar-refractivity contribution is -0.138. The van der Waals surface area contributed by atoms with Crippen molar-refractivity contribution < 1.29 is 19.4 Å². The lowest BCUT2D eigenvalue weighted by Crippen LogP contribution is -2.36. The van der Waals surface area contributed by atoms with E-state index < -0.39 is 5.97 Å². The van der Waals surface area contributed by atoms with Gasteiger partial charge in [-0.05, 0) is 19.1 Å². The molecule has 3 N–H and O–H groups in total. The van der Waals surface area contributed by atoms with E-state index in [9.17, 15) is 9.59 Å². The van der Waals surface area contributed by atoms with Crippen LogP contribution in [0.1, 0.15) is 16.2 Å². The van der Waals surface area contributed by atoms with Gasteiger partial charge in [0.25, 0.3) is 0 Å². The van der Waals surface area contributed by atoms with Gasteiger partial charge in [-0.25, -0.2) is 4.79 Å². The smallest absolute Gasteiger partial charge is 0.315 e. The van der Waals surface area contributed by atoms with Crippen LogP contribution in [-0.4, -0.2) is 36.9 Å². The third-order valence-corrected chi connectivity index (χ3v) is 3.21. The van der Waals surface area contributed by atoms with E-state index in [1.165, 1.54) is 4.88 Å². The van der Waals surface area contributed by atoms with Crippen molar-refractivity contribution in [2.45, 2.75) is 19.9 Å². The molecule has 0 atom stereocenters. The Balaban J connectivity index is 2.00. The third-order valence-electron chi connectivity index (χ3n) is 2.21. The molecule has 1 heterocycles. The molecule has 1 aromatic heterocycles. The number of carboxylic acids is 1. The molecule has 2 amide bonds. The molecule has 7 heteroatoms. The first-order valence-corrected chi connectivity index (χ1v) is 6.76. The number of rotatable bonds is 8. The molecule has 0 saturated heterocycles. The molecule has 1 rings (SSSR count). The predicted molar refractivity (Wildman–Crippen MR) is 72.4 cm³/mol. The highest BCUT2D eigenvalue weighted by Gasteiger charge is 2.01. The molecule has 0 unspecified atom stereocenters. The maximum Gasteiger partial charge on any atom is 0.315 e. The summed E-state index contributed by atoms with van der Waals surface area (Å²) in [6.07, 6.45) is -0.0239. The first kappa shape index (κ1) is 15.5. The van der Waals surface area contributed by atoms with Crippen LogP contribution in [0.3, 0.4) is 0 Å². The van der Waals surface area contributed by atoms with Gasteiger partial charge in [0.2, 0.25) is 0 Å². The number of nitrogens with one attached hydrogen (secondary N) is 2. The number of aryl methyl sites for hydroxylation is 1. The molecular weight excluding hydrogens is 268 g/mol. The molecule has 0 bridgehead atoms. The van der Waals surface area contributed by atoms with Crippen molar-refractivity contribution in [1.29, 1.82) is 0 Å². The van der Waals surface area contributed by atoms with Crippen molar-refractivity contribution in [1.82, 2.24) is 10.6 Å². The van der Waals surface area contributed by atoms with Crippen molar-refractivity contribution in [2.75, 3.05) is 19.8 Å². The summed E-state index contributed by atoms with van der Waals surface area (Å²) in [5.74, 6) is -0.892. The van der Waals surface area contributed by atoms with Gasteiger partial charge in [0.05, 0.1) is 26.2 Å². The predicted octanol–water partition coefficient (Wildman–Crippen LogP) is 1.35. The monoisotopic (exact) mass is 286 g/mol. The van der Waals surface area contributed by atoms with Crippen molar-refractivity contribution in [3.63, 3.8) is 0 Å². The quantitative estimate of drug-likeness (QED) is 0.629. The Morgan fingerprint density at radius 3 is 2.74 bits per heavy atom. The normalized spacial score (nSPS) is 10.2. The van der Waals surface area contributed by atoms with Crippen molar-refractivity contribution in [2.24, 2.45) is 0 Å². The summed E-state index contributed by atoms with van der Waals surface area (Å²) in [6.45, 7) is 3.34. The van der Waals surface area contributed by atoms with Crippen LogP contribution in [0.2, 0.25) is 0 Å². The fourth-order valence-electron chi connectivity index (χ4n) is 1.31. The summed E-state index contributed by atoms with van der Waals surface area (Å²) < 4.78 is 5.04. The van der Waals surface area contributed by atoms with Gasteiger partial charge in [0.1, 0.15) is 0 Å². The summed E-state index contributed by atoms with van der Waals surface area (Å²) in [4.78, 5) is 23.9. The molecular formula is C12H18N2O4S. The van der Waals surface area contributed by atoms with E-state index in [1.54, 1.807) is 11.3 Å². The van der Waals surface area contributed by atoms with Gasteiger partial charge in [-0.3, -0.25) is 4.79 Å². The highest BCUT2D eigenvalue weighted by Crippen LogP contribution is 2.14. The zero-order valence-corrected chi connectivity index (χ0v) is 11.6. The van der Waals surface area contributed by atoms with Crippen LogP contribution >= 0.6 is 11.3 Å². The lowest BCUT2D eigenvalue weighted by atomic mass is 10.4. The molecule has 0 aliphatic heterocycles. The Morgan fingerprint density at radius 1 is 1.32 bits per heavy atom. The van der Waals surface area contributed by atoms with Crippen LogP contribution in [0.4, 0.5) is 4.79 Å². The van der Waals surface area contributed by atoms with Crippen molar-refractivity contribution in [3.05, 3.63) is 21.9 Å². The number of aliphatic carboxylic acids is 1. The highest BCUT2D eigenvalue weighted by atomic mass is 32.1. The minimum Gasteiger partial charge on any atom is -0.481 e. The number of hydrogen-bond acceptors (Lipinski definition) is 4.